The minimum atomic E-state index is -0.796. The van der Waals surface area contributed by atoms with Gasteiger partial charge in [0.15, 0.2) is 5.78 Å². The van der Waals surface area contributed by atoms with Gasteiger partial charge in [0.25, 0.3) is 0 Å². The van der Waals surface area contributed by atoms with Crippen LogP contribution in [0, 0.1) is 5.92 Å². The standard InChI is InChI=1S/C20H29NO5/c1-6-14(2)18(16(22)12-17(23)26-20(3,4)5)21-19(24)25-13-15-10-8-7-9-11-15/h7-11,14,18H,6,12-13H2,1-5H3,(H,21,24)/t14?,18-/m0/s1. The van der Waals surface area contributed by atoms with Gasteiger partial charge in [-0.3, -0.25) is 9.59 Å². The average Bonchev–Trinajstić information content (AvgIpc) is 2.56. The number of amides is 1. The second kappa shape index (κ2) is 9.94. The molecule has 0 heterocycles. The topological polar surface area (TPSA) is 81.7 Å². The van der Waals surface area contributed by atoms with Crippen LogP contribution in [-0.4, -0.2) is 29.5 Å². The number of ether oxygens (including phenoxy) is 2. The minimum Gasteiger partial charge on any atom is -0.460 e. The second-order valence-electron chi connectivity index (χ2n) is 7.30. The van der Waals surface area contributed by atoms with Gasteiger partial charge in [-0.1, -0.05) is 50.6 Å². The number of esters is 1. The third kappa shape index (κ3) is 8.14. The largest absolute Gasteiger partial charge is 0.460 e. The van der Waals surface area contributed by atoms with Crippen molar-refractivity contribution in [2.45, 2.75) is 65.7 Å². The molecule has 0 aliphatic carbocycles. The van der Waals surface area contributed by atoms with Gasteiger partial charge in [0.1, 0.15) is 18.6 Å². The number of rotatable bonds is 8. The Hall–Kier alpha value is -2.37. The first-order chi connectivity index (χ1) is 12.1. The van der Waals surface area contributed by atoms with E-state index in [9.17, 15) is 14.4 Å². The summed E-state index contributed by atoms with van der Waals surface area (Å²) in [6, 6.07) is 8.46. The summed E-state index contributed by atoms with van der Waals surface area (Å²) >= 11 is 0. The summed E-state index contributed by atoms with van der Waals surface area (Å²) in [7, 11) is 0. The van der Waals surface area contributed by atoms with Gasteiger partial charge in [0.2, 0.25) is 0 Å². The van der Waals surface area contributed by atoms with E-state index in [1.54, 1.807) is 20.8 Å². The fraction of sp³-hybridized carbons (Fsp3) is 0.550. The third-order valence-corrected chi connectivity index (χ3v) is 3.78. The molecular weight excluding hydrogens is 334 g/mol. The van der Waals surface area contributed by atoms with E-state index in [-0.39, 0.29) is 24.7 Å². The van der Waals surface area contributed by atoms with Crippen LogP contribution in [0.15, 0.2) is 30.3 Å². The van der Waals surface area contributed by atoms with Gasteiger partial charge >= 0.3 is 12.1 Å². The first-order valence-corrected chi connectivity index (χ1v) is 8.84. The lowest BCUT2D eigenvalue weighted by atomic mass is 9.94. The Bertz CT molecular complexity index is 606. The lowest BCUT2D eigenvalue weighted by Crippen LogP contribution is -2.46. The second-order valence-corrected chi connectivity index (χ2v) is 7.30. The molecule has 0 spiro atoms. The summed E-state index contributed by atoms with van der Waals surface area (Å²) in [5.74, 6) is -1.12. The minimum absolute atomic E-state index is 0.111. The van der Waals surface area contributed by atoms with E-state index < -0.39 is 23.7 Å². The molecule has 1 rings (SSSR count). The number of nitrogens with one attached hydrogen (secondary N) is 1. The van der Waals surface area contributed by atoms with Crippen LogP contribution in [0.5, 0.6) is 0 Å². The smallest absolute Gasteiger partial charge is 0.408 e. The van der Waals surface area contributed by atoms with E-state index in [0.717, 1.165) is 5.56 Å². The van der Waals surface area contributed by atoms with Crippen LogP contribution >= 0.6 is 0 Å². The summed E-state index contributed by atoms with van der Waals surface area (Å²) < 4.78 is 10.3. The molecule has 1 N–H and O–H groups in total. The molecule has 2 atom stereocenters. The number of alkyl carbamates (subject to hydrolysis) is 1. The van der Waals surface area contributed by atoms with E-state index in [0.29, 0.717) is 6.42 Å². The zero-order chi connectivity index (χ0) is 19.7. The van der Waals surface area contributed by atoms with E-state index in [1.165, 1.54) is 0 Å². The first kappa shape index (κ1) is 21.7. The number of ketones is 1. The Balaban J connectivity index is 2.63. The van der Waals surface area contributed by atoms with Crippen LogP contribution < -0.4 is 5.32 Å². The maximum absolute atomic E-state index is 12.5. The Morgan fingerprint density at radius 1 is 1.12 bits per heavy atom. The van der Waals surface area contributed by atoms with Gasteiger partial charge in [-0.2, -0.15) is 0 Å². The average molecular weight is 363 g/mol. The van der Waals surface area contributed by atoms with Crippen molar-refractivity contribution >= 4 is 17.8 Å². The summed E-state index contributed by atoms with van der Waals surface area (Å²) in [6.45, 7) is 9.08. The molecule has 0 bridgehead atoms. The van der Waals surface area contributed by atoms with Gasteiger partial charge in [0.05, 0.1) is 6.04 Å². The lowest BCUT2D eigenvalue weighted by molar-refractivity contribution is -0.156. The number of hydrogen-bond acceptors (Lipinski definition) is 5. The number of carbonyl (C=O) groups is 3. The van der Waals surface area contributed by atoms with Gasteiger partial charge < -0.3 is 14.8 Å². The number of carbonyl (C=O) groups excluding carboxylic acids is 3. The maximum atomic E-state index is 12.5. The van der Waals surface area contributed by atoms with Gasteiger partial charge in [0, 0.05) is 0 Å². The zero-order valence-corrected chi connectivity index (χ0v) is 16.2. The van der Waals surface area contributed by atoms with E-state index in [4.69, 9.17) is 9.47 Å². The molecule has 1 aromatic carbocycles. The summed E-state index contributed by atoms with van der Waals surface area (Å²) in [5, 5.41) is 2.59. The molecule has 0 fully saturated rings. The molecule has 0 aliphatic heterocycles. The summed E-state index contributed by atoms with van der Waals surface area (Å²) in [4.78, 5) is 36.4. The third-order valence-electron chi connectivity index (χ3n) is 3.78. The van der Waals surface area contributed by atoms with Crippen LogP contribution in [0.1, 0.15) is 53.0 Å². The lowest BCUT2D eigenvalue weighted by Gasteiger charge is -2.24. The molecule has 0 aromatic heterocycles. The predicted molar refractivity (Wildman–Crippen MR) is 98.5 cm³/mol. The molecule has 26 heavy (non-hydrogen) atoms. The number of Topliss-reactive ketones (excluding diaryl/α,β-unsaturated/α-hetero) is 1. The molecule has 6 nitrogen and oxygen atoms in total. The zero-order valence-electron chi connectivity index (χ0n) is 16.2. The molecule has 0 saturated carbocycles. The van der Waals surface area contributed by atoms with Crippen molar-refractivity contribution in [3.8, 4) is 0 Å². The van der Waals surface area contributed by atoms with Crippen molar-refractivity contribution < 1.29 is 23.9 Å². The van der Waals surface area contributed by atoms with Gasteiger partial charge in [-0.15, -0.1) is 0 Å². The molecule has 6 heteroatoms. The molecule has 1 amide bonds. The van der Waals surface area contributed by atoms with Crippen LogP contribution in [0.3, 0.4) is 0 Å². The SMILES string of the molecule is CCC(C)[C@H](NC(=O)OCc1ccccc1)C(=O)CC(=O)OC(C)(C)C. The molecule has 0 aliphatic rings. The van der Waals surface area contributed by atoms with Gasteiger partial charge in [-0.05, 0) is 32.3 Å². The van der Waals surface area contributed by atoms with Crippen molar-refractivity contribution in [2.75, 3.05) is 0 Å². The molecule has 0 radical (unpaired) electrons. The molecule has 144 valence electrons. The fourth-order valence-electron chi connectivity index (χ4n) is 2.30. The maximum Gasteiger partial charge on any atom is 0.408 e. The van der Waals surface area contributed by atoms with Crippen molar-refractivity contribution in [1.82, 2.24) is 5.32 Å². The quantitative estimate of drug-likeness (QED) is 0.563. The molecule has 1 aromatic rings. The highest BCUT2D eigenvalue weighted by atomic mass is 16.6. The predicted octanol–water partition coefficient (Wildman–Crippen LogP) is 3.63. The molecule has 0 saturated heterocycles. The normalized spacial score (nSPS) is 13.4. The summed E-state index contributed by atoms with van der Waals surface area (Å²) in [6.07, 6.45) is -0.397. The Kier molecular flexibility index (Phi) is 8.29. The van der Waals surface area contributed by atoms with Crippen LogP contribution in [0.2, 0.25) is 0 Å². The fourth-order valence-corrected chi connectivity index (χ4v) is 2.30. The van der Waals surface area contributed by atoms with Crippen LogP contribution in [0.4, 0.5) is 4.79 Å². The van der Waals surface area contributed by atoms with Crippen LogP contribution in [0.25, 0.3) is 0 Å². The van der Waals surface area contributed by atoms with E-state index in [1.807, 2.05) is 44.2 Å². The van der Waals surface area contributed by atoms with Crippen LogP contribution in [-0.2, 0) is 25.7 Å². The highest BCUT2D eigenvalue weighted by Gasteiger charge is 2.29. The number of hydrogen-bond donors (Lipinski definition) is 1. The molecule has 1 unspecified atom stereocenters. The summed E-state index contributed by atoms with van der Waals surface area (Å²) in [5.41, 5.74) is 0.188. The van der Waals surface area contributed by atoms with Crippen molar-refractivity contribution in [3.05, 3.63) is 35.9 Å². The van der Waals surface area contributed by atoms with Crippen molar-refractivity contribution in [3.63, 3.8) is 0 Å². The van der Waals surface area contributed by atoms with Crippen molar-refractivity contribution in [1.29, 1.82) is 0 Å². The Labute approximate surface area is 155 Å². The Morgan fingerprint density at radius 3 is 2.27 bits per heavy atom. The Morgan fingerprint density at radius 2 is 1.73 bits per heavy atom. The highest BCUT2D eigenvalue weighted by Crippen LogP contribution is 2.14. The van der Waals surface area contributed by atoms with Crippen molar-refractivity contribution in [2.24, 2.45) is 5.92 Å². The molecular formula is C20H29NO5. The monoisotopic (exact) mass is 363 g/mol. The first-order valence-electron chi connectivity index (χ1n) is 8.84. The van der Waals surface area contributed by atoms with E-state index in [2.05, 4.69) is 5.32 Å². The highest BCUT2D eigenvalue weighted by molar-refractivity contribution is 5.99. The number of benzene rings is 1. The van der Waals surface area contributed by atoms with Gasteiger partial charge in [-0.25, -0.2) is 4.79 Å². The van der Waals surface area contributed by atoms with E-state index >= 15 is 0 Å².